The number of anilines is 2. The topological polar surface area (TPSA) is 155 Å². The zero-order chi connectivity index (χ0) is 44.4. The van der Waals surface area contributed by atoms with Crippen molar-refractivity contribution in [1.82, 2.24) is 25.6 Å². The second-order valence-corrected chi connectivity index (χ2v) is 17.8. The summed E-state index contributed by atoms with van der Waals surface area (Å²) in [6.45, 7) is 0.666. The Kier molecular flexibility index (Phi) is 11.6. The molecule has 11 nitrogen and oxygen atoms in total. The Labute approximate surface area is 375 Å². The van der Waals surface area contributed by atoms with Crippen LogP contribution in [0.15, 0.2) is 134 Å². The molecule has 3 aliphatic carbocycles. The highest BCUT2D eigenvalue weighted by Crippen LogP contribution is 2.49. The molecule has 3 aromatic heterocycles. The van der Waals surface area contributed by atoms with Crippen molar-refractivity contribution in [3.8, 4) is 0 Å². The molecule has 3 heterocycles. The van der Waals surface area contributed by atoms with Crippen molar-refractivity contribution in [2.24, 2.45) is 17.8 Å². The fourth-order valence-electron chi connectivity index (χ4n) is 9.39. The first-order valence-corrected chi connectivity index (χ1v) is 22.4. The number of hydrogen-bond acceptors (Lipinski definition) is 7. The Morgan fingerprint density at radius 3 is 1.82 bits per heavy atom. The molecule has 0 saturated heterocycles. The van der Waals surface area contributed by atoms with E-state index in [2.05, 4.69) is 37.3 Å². The van der Waals surface area contributed by atoms with Gasteiger partial charge in [0, 0.05) is 100 Å². The number of halogens is 1. The number of pyridine rings is 3. The molecule has 326 valence electrons. The van der Waals surface area contributed by atoms with E-state index in [0.29, 0.717) is 35.1 Å². The van der Waals surface area contributed by atoms with Crippen LogP contribution < -0.4 is 21.3 Å². The lowest BCUT2D eigenvalue weighted by Gasteiger charge is -2.28. The predicted octanol–water partition coefficient (Wildman–Crippen LogP) is 9.44. The molecule has 10 rings (SSSR count). The van der Waals surface area contributed by atoms with Gasteiger partial charge in [0.25, 0.3) is 11.8 Å². The zero-order valence-corrected chi connectivity index (χ0v) is 35.7. The van der Waals surface area contributed by atoms with Crippen LogP contribution in [0.3, 0.4) is 0 Å². The van der Waals surface area contributed by atoms with Gasteiger partial charge in [0.1, 0.15) is 0 Å². The first kappa shape index (κ1) is 41.7. The van der Waals surface area contributed by atoms with Crippen molar-refractivity contribution in [3.05, 3.63) is 173 Å². The van der Waals surface area contributed by atoms with Crippen molar-refractivity contribution >= 4 is 56.5 Å². The van der Waals surface area contributed by atoms with E-state index in [9.17, 15) is 23.6 Å². The summed E-state index contributed by atoms with van der Waals surface area (Å²) < 4.78 is 13.8. The summed E-state index contributed by atoms with van der Waals surface area (Å²) in [5, 5.41) is 16.2. The second-order valence-electron chi connectivity index (χ2n) is 17.8. The van der Waals surface area contributed by atoms with Crippen LogP contribution in [0, 0.1) is 23.7 Å². The molecule has 4 amide bonds. The number of carbonyl (C=O) groups is 4. The lowest BCUT2D eigenvalue weighted by atomic mass is 9.80. The van der Waals surface area contributed by atoms with Crippen LogP contribution in [-0.4, -0.2) is 45.1 Å². The van der Waals surface area contributed by atoms with Gasteiger partial charge in [-0.2, -0.15) is 4.39 Å². The summed E-state index contributed by atoms with van der Waals surface area (Å²) in [5.74, 6) is -0.317. The summed E-state index contributed by atoms with van der Waals surface area (Å²) in [5.41, 5.74) is 6.04. The third-order valence-corrected chi connectivity index (χ3v) is 13.5. The van der Waals surface area contributed by atoms with Gasteiger partial charge in [-0.1, -0.05) is 42.5 Å². The lowest BCUT2D eigenvalue weighted by Crippen LogP contribution is -2.31. The standard InChI is InChI=1S/C53H48FN7O4/c54-49-40(2-1-20-56-49)30-59-51(63)36-13-9-33(10-14-36)45-26-47(45)53(65)61-43-18-16-39-29-57-48(24-41(39)23-43)34-5-3-31(4-6-34)27-58-50(62)35-11-7-32(8-12-35)44-25-46(44)52(64)60-42-17-15-38-28-55-21-19-37(38)22-42/h1-2,7-24,28-29,31,34,44-47H,3-6,25-27,30H2,(H,58,62)(H,59,63)(H,60,64)(H,61,65)/t31?,34?,44-,45-,46+,47+/m0/s1. The molecule has 0 radical (unpaired) electrons. The third kappa shape index (κ3) is 9.48. The molecular weight excluding hydrogens is 818 g/mol. The SMILES string of the molecule is O=C(NCc1cccnc1F)c1ccc([C@@H]2C[C@H]2C(=O)Nc2ccc3cnc(C4CCC(CNC(=O)c5ccc([C@@H]6C[C@H]6C(=O)Nc6ccc7cnccc7c6)cc5)CC4)cc3c2)cc1. The van der Waals surface area contributed by atoms with Crippen molar-refractivity contribution in [1.29, 1.82) is 0 Å². The van der Waals surface area contributed by atoms with Gasteiger partial charge < -0.3 is 21.3 Å². The first-order valence-electron chi connectivity index (χ1n) is 22.4. The van der Waals surface area contributed by atoms with E-state index in [1.165, 1.54) is 6.20 Å². The summed E-state index contributed by atoms with van der Waals surface area (Å²) in [6, 6.07) is 33.9. The number of rotatable bonds is 13. The van der Waals surface area contributed by atoms with Gasteiger partial charge in [-0.15, -0.1) is 0 Å². The Balaban J connectivity index is 0.662. The number of nitrogens with one attached hydrogen (secondary N) is 4. The second kappa shape index (κ2) is 18.0. The van der Waals surface area contributed by atoms with Crippen molar-refractivity contribution in [3.63, 3.8) is 0 Å². The molecule has 3 fully saturated rings. The van der Waals surface area contributed by atoms with Crippen LogP contribution in [0.25, 0.3) is 21.5 Å². The van der Waals surface area contributed by atoms with E-state index in [-0.39, 0.29) is 53.8 Å². The van der Waals surface area contributed by atoms with Crippen LogP contribution in [0.2, 0.25) is 0 Å². The largest absolute Gasteiger partial charge is 0.352 e. The molecule has 4 atom stereocenters. The number of nitrogens with zero attached hydrogens (tertiary/aromatic N) is 3. The van der Waals surface area contributed by atoms with Crippen molar-refractivity contribution in [2.45, 2.75) is 62.8 Å². The fraction of sp³-hybridized carbons (Fsp3) is 0.264. The minimum absolute atomic E-state index is 0.0152. The van der Waals surface area contributed by atoms with Gasteiger partial charge in [-0.05, 0) is 145 Å². The van der Waals surface area contributed by atoms with E-state index in [1.807, 2.05) is 85.1 Å². The highest BCUT2D eigenvalue weighted by Gasteiger charge is 2.45. The van der Waals surface area contributed by atoms with Crippen LogP contribution in [-0.2, 0) is 16.1 Å². The molecule has 3 saturated carbocycles. The summed E-state index contributed by atoms with van der Waals surface area (Å²) in [4.78, 5) is 64.7. The number of amides is 4. The maximum atomic E-state index is 13.8. The lowest BCUT2D eigenvalue weighted by molar-refractivity contribution is -0.118. The summed E-state index contributed by atoms with van der Waals surface area (Å²) in [7, 11) is 0. The van der Waals surface area contributed by atoms with Crippen molar-refractivity contribution < 1.29 is 23.6 Å². The maximum Gasteiger partial charge on any atom is 0.251 e. The van der Waals surface area contributed by atoms with E-state index >= 15 is 0 Å². The van der Waals surface area contributed by atoms with Gasteiger partial charge in [-0.3, -0.25) is 29.1 Å². The number of benzene rings is 4. The van der Waals surface area contributed by atoms with Gasteiger partial charge in [0.05, 0.1) is 0 Å². The van der Waals surface area contributed by atoms with Crippen molar-refractivity contribution in [2.75, 3.05) is 17.2 Å². The molecule has 7 aromatic rings. The smallest absolute Gasteiger partial charge is 0.251 e. The highest BCUT2D eigenvalue weighted by atomic mass is 19.1. The summed E-state index contributed by atoms with van der Waals surface area (Å²) in [6.07, 6.45) is 12.3. The average Bonchev–Trinajstić information content (AvgIpc) is 4.29. The van der Waals surface area contributed by atoms with Gasteiger partial charge >= 0.3 is 0 Å². The Bertz CT molecular complexity index is 2930. The third-order valence-electron chi connectivity index (χ3n) is 13.5. The normalized spacial score (nSPS) is 21.0. The quantitative estimate of drug-likeness (QED) is 0.0842. The van der Waals surface area contributed by atoms with E-state index < -0.39 is 5.95 Å². The van der Waals surface area contributed by atoms with Crippen LogP contribution in [0.5, 0.6) is 0 Å². The minimum atomic E-state index is -0.605. The molecule has 0 spiro atoms. The monoisotopic (exact) mass is 865 g/mol. The number of fused-ring (bicyclic) bond motifs is 2. The Hall–Kier alpha value is -7.34. The number of aromatic nitrogens is 3. The minimum Gasteiger partial charge on any atom is -0.352 e. The van der Waals surface area contributed by atoms with Crippen LogP contribution in [0.1, 0.15) is 99.4 Å². The first-order chi connectivity index (χ1) is 31.7. The van der Waals surface area contributed by atoms with Gasteiger partial charge in [0.15, 0.2) is 0 Å². The zero-order valence-electron chi connectivity index (χ0n) is 35.7. The van der Waals surface area contributed by atoms with E-state index in [0.717, 1.165) is 88.3 Å². The molecule has 4 N–H and O–H groups in total. The Morgan fingerprint density at radius 2 is 1.18 bits per heavy atom. The molecule has 0 bridgehead atoms. The highest BCUT2D eigenvalue weighted by molar-refractivity contribution is 5.99. The summed E-state index contributed by atoms with van der Waals surface area (Å²) >= 11 is 0. The van der Waals surface area contributed by atoms with Gasteiger partial charge in [-0.25, -0.2) is 4.98 Å². The maximum absolute atomic E-state index is 13.8. The molecule has 4 aromatic carbocycles. The average molecular weight is 866 g/mol. The number of hydrogen-bond donors (Lipinski definition) is 4. The molecule has 12 heteroatoms. The van der Waals surface area contributed by atoms with Crippen LogP contribution >= 0.6 is 0 Å². The predicted molar refractivity (Wildman–Crippen MR) is 248 cm³/mol. The molecule has 0 aliphatic heterocycles. The molecule has 65 heavy (non-hydrogen) atoms. The Morgan fingerprint density at radius 1 is 0.585 bits per heavy atom. The molecular formula is C53H48FN7O4. The van der Waals surface area contributed by atoms with Gasteiger partial charge in [0.2, 0.25) is 17.8 Å². The van der Waals surface area contributed by atoms with E-state index in [4.69, 9.17) is 4.98 Å². The number of carbonyl (C=O) groups excluding carboxylic acids is 4. The van der Waals surface area contributed by atoms with E-state index in [1.54, 1.807) is 36.7 Å². The van der Waals surface area contributed by atoms with Crippen LogP contribution in [0.4, 0.5) is 15.8 Å². The molecule has 0 unspecified atom stereocenters. The molecule has 3 aliphatic rings. The fourth-order valence-corrected chi connectivity index (χ4v) is 9.39.